The molecule has 0 unspecified atom stereocenters. The number of carboxylic acids is 2. The highest BCUT2D eigenvalue weighted by Gasteiger charge is 2.37. The molecule has 0 aliphatic rings. The first kappa shape index (κ1) is 73.5. The first-order valence-corrected chi connectivity index (χ1v) is 27.4. The lowest BCUT2D eigenvalue weighted by Crippen LogP contribution is -2.62. The Hall–Kier alpha value is -8.61. The van der Waals surface area contributed by atoms with Crippen LogP contribution < -0.4 is 76.5 Å². The van der Waals surface area contributed by atoms with Crippen molar-refractivity contribution in [2.45, 2.75) is 157 Å². The van der Waals surface area contributed by atoms with E-state index >= 15 is 0 Å². The summed E-state index contributed by atoms with van der Waals surface area (Å²) in [6.07, 6.45) is -1.14. The summed E-state index contributed by atoms with van der Waals surface area (Å²) in [5.41, 5.74) is 28.8. The van der Waals surface area contributed by atoms with Gasteiger partial charge in [-0.1, -0.05) is 18.6 Å². The van der Waals surface area contributed by atoms with Crippen molar-refractivity contribution in [3.63, 3.8) is 0 Å². The van der Waals surface area contributed by atoms with Gasteiger partial charge in [0.25, 0.3) is 0 Å². The van der Waals surface area contributed by atoms with Gasteiger partial charge in [-0.2, -0.15) is 0 Å². The minimum absolute atomic E-state index is 0.0109. The first-order valence-electron chi connectivity index (χ1n) is 27.4. The summed E-state index contributed by atoms with van der Waals surface area (Å²) in [7, 11) is 0. The van der Waals surface area contributed by atoms with Crippen molar-refractivity contribution in [2.75, 3.05) is 32.8 Å². The number of carboxylic acid groups (broad SMARTS) is 2. The van der Waals surface area contributed by atoms with E-state index in [1.165, 1.54) is 43.7 Å². The molecule has 0 saturated carbocycles. The number of carbonyl (C=O) groups is 11. The van der Waals surface area contributed by atoms with Gasteiger partial charge >= 0.3 is 11.9 Å². The summed E-state index contributed by atoms with van der Waals surface area (Å²) < 4.78 is 0. The number of nitrogens with zero attached hydrogens (tertiary/aromatic N) is 2. The van der Waals surface area contributed by atoms with Crippen LogP contribution in [0.1, 0.15) is 82.9 Å². The molecular weight excluding hydrogens is 1140 g/mol. The smallest absolute Gasteiger partial charge is 0.328 e. The Balaban J connectivity index is 2.53. The SMILES string of the molecule is C[C@@H](O)[C@H](NC(=O)[C@H](CC(=O)O)NC(=O)[C@H](CO)NC(=O)[C@H](Cc1ccc(O)cc1)NC(=O)[C@H](CCCCN)NC(=O)[C@H](CCCN=C(N)N)NC(=O)[C@H](Cc1cnc[nH]1)NC(=O)[C@H](CO)NC(=O)[C@@H](NC(=O)[C@@H](N)CCCCN)[C@@H](C)O)C(=O)O. The van der Waals surface area contributed by atoms with Crippen molar-refractivity contribution in [1.29, 1.82) is 0 Å². The number of phenolic OH excluding ortho intramolecular Hbond substituents is 1. The van der Waals surface area contributed by atoms with E-state index in [2.05, 4.69) is 52.2 Å². The van der Waals surface area contributed by atoms with Crippen LogP contribution in [0.25, 0.3) is 0 Å². The Morgan fingerprint density at radius 3 is 1.44 bits per heavy atom. The summed E-state index contributed by atoms with van der Waals surface area (Å²) >= 11 is 0. The number of aromatic amines is 1. The van der Waals surface area contributed by atoms with Gasteiger partial charge in [0, 0.05) is 31.3 Å². The fraction of sp³-hybridized carbons (Fsp3) is 0.588. The molecule has 35 nitrogen and oxygen atoms in total. The topological polar surface area (TPSA) is 609 Å². The van der Waals surface area contributed by atoms with Gasteiger partial charge in [0.1, 0.15) is 54.1 Å². The van der Waals surface area contributed by atoms with E-state index in [-0.39, 0.29) is 69.0 Å². The molecule has 35 heteroatoms. The third-order valence-corrected chi connectivity index (χ3v) is 12.8. The van der Waals surface area contributed by atoms with E-state index in [4.69, 9.17) is 28.7 Å². The van der Waals surface area contributed by atoms with Gasteiger partial charge in [0.2, 0.25) is 53.2 Å². The molecule has 480 valence electrons. The third kappa shape index (κ3) is 26.5. The predicted molar refractivity (Wildman–Crippen MR) is 303 cm³/mol. The van der Waals surface area contributed by atoms with Crippen LogP contribution in [0.15, 0.2) is 41.8 Å². The Bertz CT molecular complexity index is 2570. The molecule has 1 heterocycles. The van der Waals surface area contributed by atoms with Crippen molar-refractivity contribution in [2.24, 2.45) is 33.7 Å². The number of aliphatic hydroxyl groups excluding tert-OH is 4. The number of imidazole rings is 1. The number of aromatic hydroxyl groups is 1. The summed E-state index contributed by atoms with van der Waals surface area (Å²) in [5.74, 6) is -13.9. The van der Waals surface area contributed by atoms with Crippen LogP contribution in [0.5, 0.6) is 5.75 Å². The summed E-state index contributed by atoms with van der Waals surface area (Å²) in [4.78, 5) is 158. The number of aliphatic imine (C=N–C) groups is 1. The summed E-state index contributed by atoms with van der Waals surface area (Å²) in [6.45, 7) is 0.343. The van der Waals surface area contributed by atoms with E-state index in [1.54, 1.807) is 0 Å². The molecule has 0 spiro atoms. The number of hydrogen-bond donors (Lipinski definition) is 22. The fourth-order valence-electron chi connectivity index (χ4n) is 8.05. The van der Waals surface area contributed by atoms with Crippen LogP contribution in [0.4, 0.5) is 0 Å². The lowest BCUT2D eigenvalue weighted by atomic mass is 10.0. The number of aliphatic hydroxyl groups is 4. The van der Waals surface area contributed by atoms with Gasteiger partial charge in [-0.3, -0.25) is 52.9 Å². The van der Waals surface area contributed by atoms with Crippen LogP contribution in [-0.2, 0) is 65.6 Å². The van der Waals surface area contributed by atoms with Gasteiger partial charge in [-0.15, -0.1) is 0 Å². The first-order chi connectivity index (χ1) is 40.6. The standard InChI is InChI=1S/C51H83N17O18/c1-25(71)39(67-41(76)30(54)8-3-5-15-52)49(84)66-37(23-70)48(83)63-34(19-28-21-57-24-59-28)45(80)61-32(10-7-17-58-51(55)56)42(77)60-31(9-4-6-16-53)43(78)62-33(18-27-11-13-29(73)14-12-27)44(79)65-36(22-69)47(82)64-35(20-38(74)75)46(81)68-40(26(2)72)50(85)86/h11-14,21,24-26,30-37,39-40,69-73H,3-10,15-20,22-23,52-54H2,1-2H3,(H,57,59)(H,60,77)(H,61,80)(H,62,78)(H,63,83)(H,64,82)(H,65,79)(H,66,84)(H,67,76)(H,68,81)(H,74,75)(H,85,86)(H4,55,56,58)/t25-,26-,30+,31+,32+,33+,34+,35+,36+,37+,39+,40+/m1/s1. The number of aromatic nitrogens is 2. The molecule has 9 amide bonds. The number of carbonyl (C=O) groups excluding carboxylic acids is 9. The number of nitrogens with one attached hydrogen (secondary N) is 10. The minimum Gasteiger partial charge on any atom is -0.508 e. The van der Waals surface area contributed by atoms with Crippen molar-refractivity contribution in [3.05, 3.63) is 48.0 Å². The Labute approximate surface area is 493 Å². The number of benzene rings is 1. The number of phenols is 1. The molecule has 0 aliphatic carbocycles. The molecule has 1 aromatic heterocycles. The zero-order chi connectivity index (χ0) is 64.6. The molecule has 0 radical (unpaired) electrons. The van der Waals surface area contributed by atoms with Crippen LogP contribution >= 0.6 is 0 Å². The number of aliphatic carboxylic acids is 2. The van der Waals surface area contributed by atoms with Crippen molar-refractivity contribution in [3.8, 4) is 5.75 Å². The van der Waals surface area contributed by atoms with Crippen molar-refractivity contribution in [1.82, 2.24) is 57.8 Å². The monoisotopic (exact) mass is 1220 g/mol. The maximum absolute atomic E-state index is 14.5. The second kappa shape index (κ2) is 38.4. The largest absolute Gasteiger partial charge is 0.508 e. The molecule has 0 saturated heterocycles. The maximum Gasteiger partial charge on any atom is 0.328 e. The van der Waals surface area contributed by atoms with Gasteiger partial charge < -0.3 is 117 Å². The second-order valence-electron chi connectivity index (χ2n) is 20.0. The summed E-state index contributed by atoms with van der Waals surface area (Å²) in [6, 6.07) is -11.6. The molecule has 0 aliphatic heterocycles. The average Bonchev–Trinajstić information content (AvgIpc) is 4.08. The Morgan fingerprint density at radius 1 is 0.547 bits per heavy atom. The van der Waals surface area contributed by atoms with Crippen molar-refractivity contribution < 1.29 is 88.5 Å². The highest BCUT2D eigenvalue weighted by molar-refractivity contribution is 5.99. The van der Waals surface area contributed by atoms with E-state index in [0.29, 0.717) is 31.4 Å². The van der Waals surface area contributed by atoms with Gasteiger partial charge in [0.15, 0.2) is 12.0 Å². The number of guanidine groups is 1. The number of unbranched alkanes of at least 4 members (excludes halogenated alkanes) is 2. The fourth-order valence-corrected chi connectivity index (χ4v) is 8.05. The predicted octanol–water partition coefficient (Wildman–Crippen LogP) is -8.79. The minimum atomic E-state index is -2.02. The molecule has 86 heavy (non-hydrogen) atoms. The van der Waals surface area contributed by atoms with Gasteiger partial charge in [-0.25, -0.2) is 9.78 Å². The molecule has 2 aromatic rings. The quantitative estimate of drug-likeness (QED) is 0.0167. The lowest BCUT2D eigenvalue weighted by molar-refractivity contribution is -0.146. The molecule has 0 fully saturated rings. The lowest BCUT2D eigenvalue weighted by Gasteiger charge is -2.28. The van der Waals surface area contributed by atoms with Gasteiger partial charge in [-0.05, 0) is 89.6 Å². The van der Waals surface area contributed by atoms with E-state index in [0.717, 1.165) is 6.92 Å². The normalized spacial score (nSPS) is 15.3. The average molecular weight is 1220 g/mol. The van der Waals surface area contributed by atoms with Gasteiger partial charge in [0.05, 0.1) is 44.2 Å². The molecule has 27 N–H and O–H groups in total. The number of rotatable bonds is 41. The molecule has 1 aromatic carbocycles. The van der Waals surface area contributed by atoms with Crippen molar-refractivity contribution >= 4 is 71.1 Å². The maximum atomic E-state index is 14.5. The van der Waals surface area contributed by atoms with E-state index < -0.39 is 164 Å². The zero-order valence-corrected chi connectivity index (χ0v) is 47.6. The van der Waals surface area contributed by atoms with E-state index in [1.807, 2.05) is 10.6 Å². The molecule has 0 bridgehead atoms. The van der Waals surface area contributed by atoms with E-state index in [9.17, 15) is 88.5 Å². The zero-order valence-electron chi connectivity index (χ0n) is 47.6. The molecular formula is C51H83N17O18. The number of amides is 9. The van der Waals surface area contributed by atoms with Crippen LogP contribution in [-0.4, -0.2) is 222 Å². The second-order valence-corrected chi connectivity index (χ2v) is 20.0. The Morgan fingerprint density at radius 2 is 0.977 bits per heavy atom. The van der Waals surface area contributed by atoms with Crippen LogP contribution in [0, 0.1) is 0 Å². The number of hydrogen-bond acceptors (Lipinski definition) is 21. The summed E-state index contributed by atoms with van der Waals surface area (Å²) in [5, 5.41) is 90.5. The molecule has 2 rings (SSSR count). The number of nitrogens with two attached hydrogens (primary N) is 5. The van der Waals surface area contributed by atoms with Crippen LogP contribution in [0.2, 0.25) is 0 Å². The highest BCUT2D eigenvalue weighted by Crippen LogP contribution is 2.14. The molecule has 12 atom stereocenters. The highest BCUT2D eigenvalue weighted by atomic mass is 16.4. The van der Waals surface area contributed by atoms with Crippen LogP contribution in [0.3, 0.4) is 0 Å². The number of H-pyrrole nitrogens is 1. The third-order valence-electron chi connectivity index (χ3n) is 12.8. The Kier molecular flexibility index (Phi) is 32.8.